The summed E-state index contributed by atoms with van der Waals surface area (Å²) in [6.07, 6.45) is 0. The van der Waals surface area contributed by atoms with Crippen LogP contribution in [0.1, 0.15) is 27.2 Å². The molecule has 6 nitrogen and oxygen atoms in total. The van der Waals surface area contributed by atoms with Crippen LogP contribution in [0.25, 0.3) is 0 Å². The Morgan fingerprint density at radius 1 is 1.16 bits per heavy atom. The van der Waals surface area contributed by atoms with Gasteiger partial charge in [-0.25, -0.2) is 4.98 Å². The summed E-state index contributed by atoms with van der Waals surface area (Å²) in [4.78, 5) is 17.2. The minimum atomic E-state index is -0.299. The fourth-order valence-corrected chi connectivity index (χ4v) is 4.52. The van der Waals surface area contributed by atoms with Crippen LogP contribution in [0.3, 0.4) is 0 Å². The van der Waals surface area contributed by atoms with Crippen LogP contribution in [0.2, 0.25) is 0 Å². The molecule has 2 aromatic carbocycles. The van der Waals surface area contributed by atoms with Gasteiger partial charge in [-0.2, -0.15) is 5.26 Å². The van der Waals surface area contributed by atoms with E-state index in [1.54, 1.807) is 39.3 Å². The number of carbonyl (C=O) groups excluding carboxylic acids is 1. The first-order chi connectivity index (χ1) is 15.0. The molecule has 1 amide bonds. The van der Waals surface area contributed by atoms with Gasteiger partial charge in [-0.15, -0.1) is 11.8 Å². The molecule has 1 aromatic heterocycles. The average Bonchev–Trinajstić information content (AvgIpc) is 2.78. The zero-order valence-electron chi connectivity index (χ0n) is 17.2. The number of benzene rings is 2. The van der Waals surface area contributed by atoms with Gasteiger partial charge in [-0.1, -0.05) is 34.1 Å². The van der Waals surface area contributed by atoms with Gasteiger partial charge in [-0.05, 0) is 42.8 Å². The number of halogens is 1. The van der Waals surface area contributed by atoms with Crippen molar-refractivity contribution in [2.24, 2.45) is 0 Å². The van der Waals surface area contributed by atoms with Gasteiger partial charge in [0.2, 0.25) is 0 Å². The number of aryl methyl sites for hydroxylation is 1. The molecule has 0 unspecified atom stereocenters. The van der Waals surface area contributed by atoms with E-state index in [9.17, 15) is 10.1 Å². The first-order valence-electron chi connectivity index (χ1n) is 9.28. The molecule has 0 saturated heterocycles. The second-order valence-corrected chi connectivity index (χ2v) is 8.31. The van der Waals surface area contributed by atoms with Gasteiger partial charge in [0.1, 0.15) is 11.1 Å². The van der Waals surface area contributed by atoms with Crippen molar-refractivity contribution in [2.45, 2.75) is 17.7 Å². The highest BCUT2D eigenvalue weighted by Crippen LogP contribution is 2.36. The first-order valence-corrected chi connectivity index (χ1v) is 11.1. The molecule has 3 rings (SSSR count). The van der Waals surface area contributed by atoms with Gasteiger partial charge in [0.05, 0.1) is 31.0 Å². The van der Waals surface area contributed by atoms with Gasteiger partial charge in [0.15, 0.2) is 11.5 Å². The van der Waals surface area contributed by atoms with E-state index in [1.807, 2.05) is 30.3 Å². The fraction of sp³-hybridized carbons (Fsp3) is 0.174. The van der Waals surface area contributed by atoms with E-state index in [-0.39, 0.29) is 5.91 Å². The summed E-state index contributed by atoms with van der Waals surface area (Å²) in [5, 5.41) is 13.0. The largest absolute Gasteiger partial charge is 0.493 e. The summed E-state index contributed by atoms with van der Waals surface area (Å²) in [6.45, 7) is 1.76. The molecule has 0 saturated carbocycles. The van der Waals surface area contributed by atoms with E-state index < -0.39 is 0 Å². The number of rotatable bonds is 7. The van der Waals surface area contributed by atoms with Gasteiger partial charge in [-0.3, -0.25) is 4.79 Å². The lowest BCUT2D eigenvalue weighted by molar-refractivity contribution is 0.102. The molecule has 0 spiro atoms. The van der Waals surface area contributed by atoms with Crippen LogP contribution < -0.4 is 14.8 Å². The SMILES string of the molecule is COc1cc(Br)c(CSc2nc(C)c(C(=O)Nc3ccccc3)cc2C#N)cc1OC. The molecular formula is C23H20BrN3O3S. The van der Waals surface area contributed by atoms with E-state index in [1.165, 1.54) is 11.8 Å². The maximum Gasteiger partial charge on any atom is 0.257 e. The Bertz CT molecular complexity index is 1150. The predicted molar refractivity (Wildman–Crippen MR) is 125 cm³/mol. The lowest BCUT2D eigenvalue weighted by atomic mass is 10.1. The topological polar surface area (TPSA) is 84.2 Å². The van der Waals surface area contributed by atoms with Crippen molar-refractivity contribution >= 4 is 39.3 Å². The van der Waals surface area contributed by atoms with Crippen LogP contribution in [-0.4, -0.2) is 25.1 Å². The van der Waals surface area contributed by atoms with Crippen molar-refractivity contribution in [3.8, 4) is 17.6 Å². The lowest BCUT2D eigenvalue weighted by Gasteiger charge is -2.13. The van der Waals surface area contributed by atoms with Crippen molar-refractivity contribution in [3.63, 3.8) is 0 Å². The minimum Gasteiger partial charge on any atom is -0.493 e. The second kappa shape index (κ2) is 10.3. The molecule has 0 fully saturated rings. The molecule has 158 valence electrons. The maximum atomic E-state index is 12.7. The Morgan fingerprint density at radius 2 is 1.84 bits per heavy atom. The zero-order chi connectivity index (χ0) is 22.4. The molecule has 0 radical (unpaired) electrons. The fourth-order valence-electron chi connectivity index (χ4n) is 2.88. The Labute approximate surface area is 193 Å². The Balaban J connectivity index is 1.82. The molecule has 0 bridgehead atoms. The number of aromatic nitrogens is 1. The quantitative estimate of drug-likeness (QED) is 0.428. The predicted octanol–water partition coefficient (Wildman–Crippen LogP) is 5.59. The molecular weight excluding hydrogens is 478 g/mol. The third-order valence-corrected chi connectivity index (χ3v) is 6.27. The van der Waals surface area contributed by atoms with Crippen molar-refractivity contribution in [2.75, 3.05) is 19.5 Å². The molecule has 31 heavy (non-hydrogen) atoms. The normalized spacial score (nSPS) is 10.3. The van der Waals surface area contributed by atoms with Crippen LogP contribution in [0.4, 0.5) is 5.69 Å². The summed E-state index contributed by atoms with van der Waals surface area (Å²) in [5.74, 6) is 1.51. The summed E-state index contributed by atoms with van der Waals surface area (Å²) in [7, 11) is 3.17. The highest BCUT2D eigenvalue weighted by Gasteiger charge is 2.17. The third-order valence-electron chi connectivity index (χ3n) is 4.49. The van der Waals surface area contributed by atoms with E-state index in [0.29, 0.717) is 44.8 Å². The number of nitrogens with one attached hydrogen (secondary N) is 1. The van der Waals surface area contributed by atoms with Crippen LogP contribution in [0.5, 0.6) is 11.5 Å². The number of carbonyl (C=O) groups is 1. The number of nitrogens with zero attached hydrogens (tertiary/aromatic N) is 2. The molecule has 0 atom stereocenters. The Morgan fingerprint density at radius 3 is 2.48 bits per heavy atom. The number of hydrogen-bond donors (Lipinski definition) is 1. The molecule has 8 heteroatoms. The number of methoxy groups -OCH3 is 2. The van der Waals surface area contributed by atoms with Gasteiger partial charge >= 0.3 is 0 Å². The Kier molecular flexibility index (Phi) is 7.55. The third kappa shape index (κ3) is 5.37. The van der Waals surface area contributed by atoms with Gasteiger partial charge in [0, 0.05) is 15.9 Å². The number of ether oxygens (including phenoxy) is 2. The minimum absolute atomic E-state index is 0.299. The molecule has 1 heterocycles. The van der Waals surface area contributed by atoms with Crippen LogP contribution in [0, 0.1) is 18.3 Å². The number of thioether (sulfide) groups is 1. The molecule has 0 aliphatic carbocycles. The average molecular weight is 498 g/mol. The van der Waals surface area contributed by atoms with Crippen molar-refractivity contribution < 1.29 is 14.3 Å². The van der Waals surface area contributed by atoms with Crippen molar-refractivity contribution in [1.29, 1.82) is 5.26 Å². The second-order valence-electron chi connectivity index (χ2n) is 6.49. The van der Waals surface area contributed by atoms with E-state index in [2.05, 4.69) is 32.3 Å². The number of nitriles is 1. The number of para-hydroxylation sites is 1. The molecule has 1 N–H and O–H groups in total. The first kappa shape index (κ1) is 22.7. The summed E-state index contributed by atoms with van der Waals surface area (Å²) >= 11 is 4.97. The van der Waals surface area contributed by atoms with E-state index >= 15 is 0 Å². The van der Waals surface area contributed by atoms with Gasteiger partial charge in [0.25, 0.3) is 5.91 Å². The number of amides is 1. The van der Waals surface area contributed by atoms with Crippen molar-refractivity contribution in [3.05, 3.63) is 75.4 Å². The number of anilines is 1. The van der Waals surface area contributed by atoms with Crippen LogP contribution in [-0.2, 0) is 5.75 Å². The molecule has 0 aliphatic rings. The Hall–Kier alpha value is -3.02. The zero-order valence-corrected chi connectivity index (χ0v) is 19.6. The monoisotopic (exact) mass is 497 g/mol. The summed E-state index contributed by atoms with van der Waals surface area (Å²) in [6, 6.07) is 16.6. The summed E-state index contributed by atoms with van der Waals surface area (Å²) < 4.78 is 11.5. The number of hydrogen-bond acceptors (Lipinski definition) is 6. The standard InChI is InChI=1S/C23H20BrN3O3S/c1-14-18(22(28)27-17-7-5-4-6-8-17)9-15(12-25)23(26-14)31-13-16-10-20(29-2)21(30-3)11-19(16)24/h4-11H,13H2,1-3H3,(H,27,28). The van der Waals surface area contributed by atoms with E-state index in [4.69, 9.17) is 9.47 Å². The smallest absolute Gasteiger partial charge is 0.257 e. The van der Waals surface area contributed by atoms with Crippen LogP contribution in [0.15, 0.2) is 58.0 Å². The van der Waals surface area contributed by atoms with Gasteiger partial charge < -0.3 is 14.8 Å². The molecule has 0 aliphatic heterocycles. The van der Waals surface area contributed by atoms with Crippen molar-refractivity contribution in [1.82, 2.24) is 4.98 Å². The number of pyridine rings is 1. The van der Waals surface area contributed by atoms with E-state index in [0.717, 1.165) is 10.0 Å². The lowest BCUT2D eigenvalue weighted by Crippen LogP contribution is -2.15. The molecule has 3 aromatic rings. The highest BCUT2D eigenvalue weighted by molar-refractivity contribution is 9.10. The maximum absolute atomic E-state index is 12.7. The highest BCUT2D eigenvalue weighted by atomic mass is 79.9. The van der Waals surface area contributed by atoms with Crippen LogP contribution >= 0.6 is 27.7 Å². The summed E-state index contributed by atoms with van der Waals surface area (Å²) in [5.41, 5.74) is 2.93.